The van der Waals surface area contributed by atoms with Crippen molar-refractivity contribution in [1.82, 2.24) is 5.01 Å². The maximum Gasteiger partial charge on any atom is 0.248 e. The lowest BCUT2D eigenvalue weighted by Gasteiger charge is -2.28. The van der Waals surface area contributed by atoms with Gasteiger partial charge in [0.05, 0.1) is 6.04 Å². The van der Waals surface area contributed by atoms with Crippen LogP contribution in [0.1, 0.15) is 38.8 Å². The molecule has 96 valence electrons. The van der Waals surface area contributed by atoms with E-state index >= 15 is 0 Å². The van der Waals surface area contributed by atoms with E-state index in [0.717, 1.165) is 16.6 Å². The summed E-state index contributed by atoms with van der Waals surface area (Å²) >= 11 is 3.41. The van der Waals surface area contributed by atoms with Gasteiger partial charge in [-0.1, -0.05) is 51.1 Å². The Hall–Kier alpha value is -1.16. The van der Waals surface area contributed by atoms with Gasteiger partial charge in [-0.05, 0) is 21.5 Å². The van der Waals surface area contributed by atoms with Gasteiger partial charge in [-0.2, -0.15) is 5.10 Å². The Morgan fingerprint density at radius 3 is 2.50 bits per heavy atom. The largest absolute Gasteiger partial charge is 0.272 e. The number of nitrogens with zero attached hydrogens (tertiary/aromatic N) is 2. The number of rotatable bonds is 1. The first kappa shape index (κ1) is 13.3. The van der Waals surface area contributed by atoms with Crippen molar-refractivity contribution in [3.05, 3.63) is 35.9 Å². The second kappa shape index (κ2) is 4.84. The molecule has 0 aliphatic carbocycles. The molecule has 0 fully saturated rings. The van der Waals surface area contributed by atoms with E-state index in [1.165, 1.54) is 0 Å². The number of hydrazone groups is 1. The smallest absolute Gasteiger partial charge is 0.248 e. The number of benzene rings is 1. The van der Waals surface area contributed by atoms with Crippen LogP contribution in [0.2, 0.25) is 0 Å². The van der Waals surface area contributed by atoms with Crippen LogP contribution in [-0.2, 0) is 4.79 Å². The molecule has 1 atom stereocenters. The zero-order chi connectivity index (χ0) is 13.3. The molecule has 0 aromatic heterocycles. The molecule has 2 rings (SSSR count). The van der Waals surface area contributed by atoms with E-state index in [1.807, 2.05) is 51.1 Å². The lowest BCUT2D eigenvalue weighted by molar-refractivity contribution is -0.141. The molecular formula is C14H17BrN2O. The summed E-state index contributed by atoms with van der Waals surface area (Å²) in [5.74, 6) is 0.0470. The van der Waals surface area contributed by atoms with E-state index < -0.39 is 5.41 Å². The van der Waals surface area contributed by atoms with Crippen LogP contribution in [0.3, 0.4) is 0 Å². The second-order valence-corrected chi connectivity index (χ2v) is 6.42. The van der Waals surface area contributed by atoms with Gasteiger partial charge >= 0.3 is 0 Å². The summed E-state index contributed by atoms with van der Waals surface area (Å²) in [7, 11) is 0. The summed E-state index contributed by atoms with van der Waals surface area (Å²) in [5, 5.41) is 5.94. The third-order valence-electron chi connectivity index (χ3n) is 2.91. The molecule has 1 heterocycles. The maximum absolute atomic E-state index is 12.4. The molecule has 1 aliphatic heterocycles. The van der Waals surface area contributed by atoms with Crippen molar-refractivity contribution in [3.8, 4) is 0 Å². The van der Waals surface area contributed by atoms with Crippen molar-refractivity contribution in [2.45, 2.75) is 33.2 Å². The van der Waals surface area contributed by atoms with E-state index in [1.54, 1.807) is 5.01 Å². The lowest BCUT2D eigenvalue weighted by atomic mass is 9.94. The predicted octanol–water partition coefficient (Wildman–Crippen LogP) is 3.71. The van der Waals surface area contributed by atoms with E-state index in [0.29, 0.717) is 0 Å². The predicted molar refractivity (Wildman–Crippen MR) is 76.5 cm³/mol. The number of hydrogen-bond donors (Lipinski definition) is 0. The molecule has 3 nitrogen and oxygen atoms in total. The molecule has 1 amide bonds. The minimum Gasteiger partial charge on any atom is -0.272 e. The molecule has 1 aromatic rings. The average molecular weight is 309 g/mol. The van der Waals surface area contributed by atoms with Crippen LogP contribution in [0.4, 0.5) is 0 Å². The van der Waals surface area contributed by atoms with Crippen molar-refractivity contribution in [2.75, 3.05) is 0 Å². The first-order valence-electron chi connectivity index (χ1n) is 6.01. The van der Waals surface area contributed by atoms with Crippen molar-refractivity contribution in [2.24, 2.45) is 10.5 Å². The van der Waals surface area contributed by atoms with Crippen LogP contribution in [0.15, 0.2) is 35.4 Å². The van der Waals surface area contributed by atoms with E-state index in [9.17, 15) is 4.79 Å². The molecule has 0 N–H and O–H groups in total. The highest BCUT2D eigenvalue weighted by Crippen LogP contribution is 2.35. The van der Waals surface area contributed by atoms with Gasteiger partial charge < -0.3 is 0 Å². The molecule has 18 heavy (non-hydrogen) atoms. The second-order valence-electron chi connectivity index (χ2n) is 5.51. The van der Waals surface area contributed by atoms with Crippen LogP contribution < -0.4 is 0 Å². The first-order valence-corrected chi connectivity index (χ1v) is 6.80. The monoisotopic (exact) mass is 308 g/mol. The van der Waals surface area contributed by atoms with Gasteiger partial charge in [-0.3, -0.25) is 4.79 Å². The molecule has 0 spiro atoms. The van der Waals surface area contributed by atoms with E-state index in [2.05, 4.69) is 21.0 Å². The number of hydrogen-bond acceptors (Lipinski definition) is 2. The van der Waals surface area contributed by atoms with Crippen molar-refractivity contribution >= 4 is 26.5 Å². The van der Waals surface area contributed by atoms with E-state index in [4.69, 9.17) is 0 Å². The van der Waals surface area contributed by atoms with Crippen LogP contribution in [0.5, 0.6) is 0 Å². The Bertz CT molecular complexity index is 476. The van der Waals surface area contributed by atoms with Crippen LogP contribution in [0, 0.1) is 5.41 Å². The quantitative estimate of drug-likeness (QED) is 0.778. The normalized spacial score (nSPS) is 19.9. The number of carbonyl (C=O) groups excluding carboxylic acids is 1. The van der Waals surface area contributed by atoms with Gasteiger partial charge in [-0.15, -0.1) is 0 Å². The van der Waals surface area contributed by atoms with Gasteiger partial charge in [0.15, 0.2) is 0 Å². The average Bonchev–Trinajstić information content (AvgIpc) is 2.70. The highest BCUT2D eigenvalue weighted by Gasteiger charge is 2.36. The number of amides is 1. The number of halogens is 1. The van der Waals surface area contributed by atoms with E-state index in [-0.39, 0.29) is 11.9 Å². The highest BCUT2D eigenvalue weighted by atomic mass is 79.9. The fraction of sp³-hybridized carbons (Fsp3) is 0.429. The molecule has 1 aromatic carbocycles. The standard InChI is InChI=1S/C14H17BrN2O/c1-14(2,3)13(18)17-11(9-12(15)16-17)10-7-5-4-6-8-10/h4-8,11H,9H2,1-3H3. The molecule has 0 bridgehead atoms. The summed E-state index contributed by atoms with van der Waals surface area (Å²) < 4.78 is 0.828. The fourth-order valence-corrected chi connectivity index (χ4v) is 2.42. The highest BCUT2D eigenvalue weighted by molar-refractivity contribution is 9.18. The SMILES string of the molecule is CC(C)(C)C(=O)N1N=C(Br)CC1c1ccccc1. The zero-order valence-electron chi connectivity index (χ0n) is 10.9. The molecule has 0 saturated carbocycles. The van der Waals surface area contributed by atoms with Gasteiger partial charge in [-0.25, -0.2) is 5.01 Å². The molecular weight excluding hydrogens is 292 g/mol. The summed E-state index contributed by atoms with van der Waals surface area (Å²) in [6.45, 7) is 5.75. The van der Waals surface area contributed by atoms with Crippen molar-refractivity contribution < 1.29 is 4.79 Å². The van der Waals surface area contributed by atoms with Gasteiger partial charge in [0, 0.05) is 11.8 Å². The summed E-state index contributed by atoms with van der Waals surface area (Å²) in [5.41, 5.74) is 0.696. The first-order chi connectivity index (χ1) is 8.39. The fourth-order valence-electron chi connectivity index (χ4n) is 1.94. The summed E-state index contributed by atoms with van der Waals surface area (Å²) in [6.07, 6.45) is 0.742. The summed E-state index contributed by atoms with van der Waals surface area (Å²) in [6, 6.07) is 10.0. The van der Waals surface area contributed by atoms with Gasteiger partial charge in [0.2, 0.25) is 5.91 Å². The van der Waals surface area contributed by atoms with Crippen LogP contribution in [0.25, 0.3) is 0 Å². The van der Waals surface area contributed by atoms with Crippen molar-refractivity contribution in [3.63, 3.8) is 0 Å². The van der Waals surface area contributed by atoms with Crippen LogP contribution >= 0.6 is 15.9 Å². The van der Waals surface area contributed by atoms with Crippen LogP contribution in [-0.4, -0.2) is 15.5 Å². The molecule has 1 unspecified atom stereocenters. The Morgan fingerprint density at radius 1 is 1.33 bits per heavy atom. The lowest BCUT2D eigenvalue weighted by Crippen LogP contribution is -2.36. The Labute approximate surface area is 116 Å². The number of carbonyl (C=O) groups is 1. The topological polar surface area (TPSA) is 32.7 Å². The third kappa shape index (κ3) is 2.64. The van der Waals surface area contributed by atoms with Gasteiger partial charge in [0.1, 0.15) is 4.62 Å². The Kier molecular flexibility index (Phi) is 3.57. The third-order valence-corrected chi connectivity index (χ3v) is 3.39. The summed E-state index contributed by atoms with van der Waals surface area (Å²) in [4.78, 5) is 12.4. The molecule has 1 aliphatic rings. The maximum atomic E-state index is 12.4. The minimum atomic E-state index is -0.422. The molecule has 0 saturated heterocycles. The van der Waals surface area contributed by atoms with Gasteiger partial charge in [0.25, 0.3) is 0 Å². The molecule has 0 radical (unpaired) electrons. The Balaban J connectivity index is 2.30. The Morgan fingerprint density at radius 2 is 1.94 bits per heavy atom. The zero-order valence-corrected chi connectivity index (χ0v) is 12.4. The molecule has 4 heteroatoms. The van der Waals surface area contributed by atoms with Crippen molar-refractivity contribution in [1.29, 1.82) is 0 Å². The minimum absolute atomic E-state index is 0.00676.